The molecule has 4 rings (SSSR count). The van der Waals surface area contributed by atoms with Crippen LogP contribution in [-0.2, 0) is 25.8 Å². The number of fused-ring (bicyclic) bond motifs is 1. The fourth-order valence-electron chi connectivity index (χ4n) is 4.51. The first-order valence-electron chi connectivity index (χ1n) is 13.0. The van der Waals surface area contributed by atoms with Gasteiger partial charge in [-0.05, 0) is 29.5 Å². The lowest BCUT2D eigenvalue weighted by Crippen LogP contribution is -2.52. The van der Waals surface area contributed by atoms with Crippen LogP contribution in [-0.4, -0.2) is 71.9 Å². The smallest absolute Gasteiger partial charge is 0.239 e. The number of hydrogen-bond acceptors (Lipinski definition) is 7. The number of amides is 3. The van der Waals surface area contributed by atoms with Gasteiger partial charge >= 0.3 is 0 Å². The van der Waals surface area contributed by atoms with Crippen molar-refractivity contribution in [2.75, 3.05) is 37.8 Å². The number of aromatic nitrogens is 1. The first-order valence-corrected chi connectivity index (χ1v) is 13.4. The van der Waals surface area contributed by atoms with E-state index in [2.05, 4.69) is 15.7 Å². The van der Waals surface area contributed by atoms with Crippen LogP contribution in [0.4, 0.5) is 10.2 Å². The second-order valence-corrected chi connectivity index (χ2v) is 9.75. The van der Waals surface area contributed by atoms with Gasteiger partial charge in [-0.15, -0.1) is 0 Å². The Kier molecular flexibility index (Phi) is 10.4. The lowest BCUT2D eigenvalue weighted by molar-refractivity contribution is -0.140. The van der Waals surface area contributed by atoms with E-state index in [-0.39, 0.29) is 48.6 Å². The summed E-state index contributed by atoms with van der Waals surface area (Å²) in [6.07, 6.45) is 2.55. The van der Waals surface area contributed by atoms with Crippen LogP contribution in [0, 0.1) is 5.82 Å². The molecule has 0 radical (unpaired) electrons. The zero-order chi connectivity index (χ0) is 28.5. The number of hydrogen-bond donors (Lipinski definition) is 2. The topological polar surface area (TPSA) is 107 Å². The molecule has 0 spiro atoms. The average Bonchev–Trinajstić information content (AvgIpc) is 2.97. The zero-order valence-electron chi connectivity index (χ0n) is 22.2. The number of hydroxylamine groups is 1. The van der Waals surface area contributed by atoms with Crippen LogP contribution in [0.15, 0.2) is 54.7 Å². The molecular formula is C28H32ClFN6O4. The maximum atomic E-state index is 14.0. The summed E-state index contributed by atoms with van der Waals surface area (Å²) in [7, 11) is 0. The fourth-order valence-corrected chi connectivity index (χ4v) is 4.70. The summed E-state index contributed by atoms with van der Waals surface area (Å²) in [6, 6.07) is 13.1. The van der Waals surface area contributed by atoms with Crippen LogP contribution in [0.1, 0.15) is 25.3 Å². The van der Waals surface area contributed by atoms with Gasteiger partial charge in [0, 0.05) is 57.7 Å². The molecule has 10 nitrogen and oxygen atoms in total. The Labute approximate surface area is 236 Å². The standard InChI is InChI=1S/C28H32ClFN6O4/c1-20(38)36(33-17-23-7-4-8-25(30)28(23)29)24(9-10-27(39)34-13-11-31-12-14-34)18-40-35(19-37)26-15-21-5-2-3-6-22(21)16-32-26/h2-8,15-16,19,24,31,33H,9-14,17-18H2,1H3/t24-/m1/s1. The Morgan fingerprint density at radius 3 is 2.67 bits per heavy atom. The van der Waals surface area contributed by atoms with Gasteiger partial charge in [-0.1, -0.05) is 48.0 Å². The summed E-state index contributed by atoms with van der Waals surface area (Å²) in [5.74, 6) is -0.677. The van der Waals surface area contributed by atoms with E-state index in [9.17, 15) is 18.8 Å². The number of carbonyl (C=O) groups is 3. The van der Waals surface area contributed by atoms with Gasteiger partial charge in [-0.2, -0.15) is 5.06 Å². The third-order valence-corrected chi connectivity index (χ3v) is 7.10. The molecule has 3 amide bonds. The highest BCUT2D eigenvalue weighted by molar-refractivity contribution is 6.31. The predicted molar refractivity (Wildman–Crippen MR) is 149 cm³/mol. The van der Waals surface area contributed by atoms with Crippen LogP contribution in [0.25, 0.3) is 10.8 Å². The number of benzene rings is 2. The zero-order valence-corrected chi connectivity index (χ0v) is 22.9. The Balaban J connectivity index is 1.50. The highest BCUT2D eigenvalue weighted by Gasteiger charge is 2.26. The van der Waals surface area contributed by atoms with Crippen molar-refractivity contribution in [2.24, 2.45) is 0 Å². The van der Waals surface area contributed by atoms with Gasteiger partial charge in [0.2, 0.25) is 18.2 Å². The van der Waals surface area contributed by atoms with Crippen molar-refractivity contribution < 1.29 is 23.6 Å². The van der Waals surface area contributed by atoms with E-state index >= 15 is 0 Å². The molecular weight excluding hydrogens is 539 g/mol. The minimum atomic E-state index is -0.653. The van der Waals surface area contributed by atoms with Gasteiger partial charge in [-0.25, -0.2) is 14.8 Å². The Bertz CT molecular complexity index is 1340. The Morgan fingerprint density at radius 1 is 1.20 bits per heavy atom. The number of nitrogens with one attached hydrogen (secondary N) is 2. The second-order valence-electron chi connectivity index (χ2n) is 9.38. The third kappa shape index (κ3) is 7.51. The van der Waals surface area contributed by atoms with Crippen molar-refractivity contribution in [1.82, 2.24) is 25.6 Å². The first kappa shape index (κ1) is 29.3. The van der Waals surface area contributed by atoms with Gasteiger partial charge in [-0.3, -0.25) is 24.2 Å². The van der Waals surface area contributed by atoms with Crippen LogP contribution < -0.4 is 15.8 Å². The summed E-state index contributed by atoms with van der Waals surface area (Å²) in [4.78, 5) is 49.5. The lowest BCUT2D eigenvalue weighted by atomic mass is 10.1. The van der Waals surface area contributed by atoms with E-state index in [0.29, 0.717) is 25.1 Å². The van der Waals surface area contributed by atoms with Crippen LogP contribution >= 0.6 is 11.6 Å². The summed E-state index contributed by atoms with van der Waals surface area (Å²) >= 11 is 6.10. The minimum absolute atomic E-state index is 0.0355. The molecule has 2 heterocycles. The van der Waals surface area contributed by atoms with E-state index < -0.39 is 11.9 Å². The van der Waals surface area contributed by atoms with Crippen molar-refractivity contribution in [1.29, 1.82) is 0 Å². The molecule has 1 aromatic heterocycles. The van der Waals surface area contributed by atoms with Crippen molar-refractivity contribution >= 4 is 46.4 Å². The van der Waals surface area contributed by atoms with Gasteiger partial charge in [0.25, 0.3) is 0 Å². The Hall–Kier alpha value is -3.64. The van der Waals surface area contributed by atoms with E-state index in [1.807, 2.05) is 24.3 Å². The van der Waals surface area contributed by atoms with Crippen molar-refractivity contribution in [3.8, 4) is 0 Å². The Morgan fingerprint density at radius 2 is 1.95 bits per heavy atom. The molecule has 1 fully saturated rings. The van der Waals surface area contributed by atoms with Gasteiger partial charge < -0.3 is 10.2 Å². The van der Waals surface area contributed by atoms with E-state index in [0.717, 1.165) is 28.9 Å². The molecule has 2 aromatic carbocycles. The number of anilines is 1. The van der Waals surface area contributed by atoms with E-state index in [1.165, 1.54) is 24.1 Å². The van der Waals surface area contributed by atoms with Crippen molar-refractivity contribution in [2.45, 2.75) is 32.4 Å². The van der Waals surface area contributed by atoms with Crippen LogP contribution in [0.3, 0.4) is 0 Å². The molecule has 212 valence electrons. The fraction of sp³-hybridized carbons (Fsp3) is 0.357. The summed E-state index contributed by atoms with van der Waals surface area (Å²) in [5, 5.41) is 7.29. The lowest BCUT2D eigenvalue weighted by Gasteiger charge is -2.33. The molecule has 2 N–H and O–H groups in total. The maximum absolute atomic E-state index is 14.0. The largest absolute Gasteiger partial charge is 0.340 e. The minimum Gasteiger partial charge on any atom is -0.340 e. The summed E-state index contributed by atoms with van der Waals surface area (Å²) < 4.78 is 14.0. The molecule has 12 heteroatoms. The van der Waals surface area contributed by atoms with Gasteiger partial charge in [0.1, 0.15) is 5.82 Å². The average molecular weight is 571 g/mol. The molecule has 40 heavy (non-hydrogen) atoms. The van der Waals surface area contributed by atoms with Gasteiger partial charge in [0.05, 0.1) is 17.7 Å². The molecule has 0 bridgehead atoms. The highest BCUT2D eigenvalue weighted by Crippen LogP contribution is 2.21. The quantitative estimate of drug-likeness (QED) is 0.255. The summed E-state index contributed by atoms with van der Waals surface area (Å²) in [5.41, 5.74) is 3.47. The number of halogens is 2. The summed E-state index contributed by atoms with van der Waals surface area (Å²) in [6.45, 7) is 3.97. The number of nitrogens with zero attached hydrogens (tertiary/aromatic N) is 4. The molecule has 3 aromatic rings. The predicted octanol–water partition coefficient (Wildman–Crippen LogP) is 3.06. The first-order chi connectivity index (χ1) is 19.4. The second kappa shape index (κ2) is 14.1. The number of pyridine rings is 1. The normalized spacial score (nSPS) is 14.1. The number of carbonyl (C=O) groups excluding carboxylic acids is 3. The van der Waals surface area contributed by atoms with Crippen molar-refractivity contribution in [3.05, 3.63) is 71.1 Å². The van der Waals surface area contributed by atoms with E-state index in [4.69, 9.17) is 16.4 Å². The number of hydrazine groups is 1. The molecule has 1 atom stereocenters. The third-order valence-electron chi connectivity index (χ3n) is 6.68. The maximum Gasteiger partial charge on any atom is 0.239 e. The number of piperazine rings is 1. The number of rotatable bonds is 12. The molecule has 1 saturated heterocycles. The molecule has 0 aliphatic carbocycles. The highest BCUT2D eigenvalue weighted by atomic mass is 35.5. The molecule has 1 aliphatic heterocycles. The molecule has 1 aliphatic rings. The molecule has 0 unspecified atom stereocenters. The van der Waals surface area contributed by atoms with Crippen molar-refractivity contribution in [3.63, 3.8) is 0 Å². The molecule has 0 saturated carbocycles. The van der Waals surface area contributed by atoms with Crippen LogP contribution in [0.5, 0.6) is 0 Å². The van der Waals surface area contributed by atoms with Gasteiger partial charge in [0.15, 0.2) is 5.82 Å². The SMILES string of the molecule is CC(=O)N(NCc1cccc(F)c1Cl)[C@H](CCC(=O)N1CCNCC1)CON(C=O)c1cc2ccccc2cn1. The van der Waals surface area contributed by atoms with E-state index in [1.54, 1.807) is 23.2 Å². The monoisotopic (exact) mass is 570 g/mol. The van der Waals surface area contributed by atoms with Crippen LogP contribution in [0.2, 0.25) is 5.02 Å².